The molecular formula is C30H20O13. The summed E-state index contributed by atoms with van der Waals surface area (Å²) in [6.07, 6.45) is 0. The lowest BCUT2D eigenvalue weighted by atomic mass is 10.1. The van der Waals surface area contributed by atoms with Gasteiger partial charge < -0.3 is 54.8 Å². The maximum atomic E-state index is 12.1. The Hall–Kier alpha value is -6.50. The maximum absolute atomic E-state index is 12.1. The second-order valence-corrected chi connectivity index (χ2v) is 9.14. The third kappa shape index (κ3) is 5.09. The quantitative estimate of drug-likeness (QED) is 0.128. The standard InChI is InChI=1S/C15H10O7.C15H10O6/c16-7-4-10(19)12-11(5-7)22-15(14(21)13(12)20)6-1-2-8(17)9(18)3-6;16-8-3-1-7(2-4-8)15-14(20)13(19)12-10(18)5-9(17)6-11(12)21-15/h1-5,16-19,21H;1-6,16-18,20H. The van der Waals surface area contributed by atoms with Crippen LogP contribution in [-0.4, -0.2) is 46.0 Å². The van der Waals surface area contributed by atoms with Crippen molar-refractivity contribution < 1.29 is 54.8 Å². The fraction of sp³-hybridized carbons (Fsp3) is 0. The van der Waals surface area contributed by atoms with Gasteiger partial charge in [-0.2, -0.15) is 0 Å². The predicted octanol–water partition coefficient (Wildman–Crippen LogP) is 4.27. The number of benzene rings is 4. The molecule has 0 spiro atoms. The van der Waals surface area contributed by atoms with Crippen molar-refractivity contribution in [3.8, 4) is 74.4 Å². The van der Waals surface area contributed by atoms with Crippen LogP contribution in [0.5, 0.6) is 51.7 Å². The van der Waals surface area contributed by atoms with Crippen molar-refractivity contribution >= 4 is 21.9 Å². The van der Waals surface area contributed by atoms with Crippen LogP contribution < -0.4 is 10.9 Å². The van der Waals surface area contributed by atoms with E-state index in [4.69, 9.17) is 8.83 Å². The van der Waals surface area contributed by atoms with Crippen LogP contribution in [0.2, 0.25) is 0 Å². The van der Waals surface area contributed by atoms with Crippen molar-refractivity contribution in [3.63, 3.8) is 0 Å². The van der Waals surface area contributed by atoms with Crippen molar-refractivity contribution in [2.45, 2.75) is 0 Å². The van der Waals surface area contributed by atoms with Gasteiger partial charge >= 0.3 is 0 Å². The Kier molecular flexibility index (Phi) is 6.83. The molecule has 2 heterocycles. The zero-order chi connectivity index (χ0) is 31.2. The first kappa shape index (κ1) is 28.0. The van der Waals surface area contributed by atoms with Crippen LogP contribution in [0.25, 0.3) is 44.6 Å². The summed E-state index contributed by atoms with van der Waals surface area (Å²) < 4.78 is 10.8. The molecule has 0 atom stereocenters. The van der Waals surface area contributed by atoms with Crippen LogP contribution in [0.4, 0.5) is 0 Å². The Morgan fingerprint density at radius 2 is 0.860 bits per heavy atom. The fourth-order valence-corrected chi connectivity index (χ4v) is 4.22. The minimum Gasteiger partial charge on any atom is -0.508 e. The van der Waals surface area contributed by atoms with Gasteiger partial charge in [0.2, 0.25) is 22.4 Å². The van der Waals surface area contributed by atoms with E-state index >= 15 is 0 Å². The van der Waals surface area contributed by atoms with Gasteiger partial charge in [0.15, 0.2) is 23.0 Å². The second kappa shape index (κ2) is 10.5. The molecule has 0 fully saturated rings. The molecule has 0 aliphatic heterocycles. The Bertz CT molecular complexity index is 2160. The largest absolute Gasteiger partial charge is 0.508 e. The molecule has 0 bridgehead atoms. The molecule has 13 heteroatoms. The molecule has 43 heavy (non-hydrogen) atoms. The van der Waals surface area contributed by atoms with Crippen LogP contribution in [0.3, 0.4) is 0 Å². The molecule has 6 aromatic rings. The highest BCUT2D eigenvalue weighted by Crippen LogP contribution is 2.38. The monoisotopic (exact) mass is 588 g/mol. The second-order valence-electron chi connectivity index (χ2n) is 9.14. The molecule has 0 saturated carbocycles. The average molecular weight is 588 g/mol. The molecule has 9 N–H and O–H groups in total. The zero-order valence-electron chi connectivity index (χ0n) is 21.5. The van der Waals surface area contributed by atoms with E-state index in [9.17, 15) is 55.5 Å². The Morgan fingerprint density at radius 3 is 1.33 bits per heavy atom. The minimum atomic E-state index is -0.888. The van der Waals surface area contributed by atoms with Gasteiger partial charge in [0.1, 0.15) is 50.7 Å². The van der Waals surface area contributed by atoms with Gasteiger partial charge in [-0.25, -0.2) is 0 Å². The number of hydrogen-bond acceptors (Lipinski definition) is 13. The fourth-order valence-electron chi connectivity index (χ4n) is 4.22. The van der Waals surface area contributed by atoms with E-state index in [0.717, 1.165) is 30.3 Å². The summed E-state index contributed by atoms with van der Waals surface area (Å²) in [7, 11) is 0. The highest BCUT2D eigenvalue weighted by Gasteiger charge is 2.20. The highest BCUT2D eigenvalue weighted by molar-refractivity contribution is 5.89. The summed E-state index contributed by atoms with van der Waals surface area (Å²) in [6.45, 7) is 0. The molecule has 218 valence electrons. The van der Waals surface area contributed by atoms with E-state index in [1.807, 2.05) is 0 Å². The van der Waals surface area contributed by atoms with Crippen molar-refractivity contribution in [2.75, 3.05) is 0 Å². The van der Waals surface area contributed by atoms with Crippen molar-refractivity contribution in [2.24, 2.45) is 0 Å². The third-order valence-corrected chi connectivity index (χ3v) is 6.24. The van der Waals surface area contributed by atoms with E-state index in [0.29, 0.717) is 5.56 Å². The van der Waals surface area contributed by atoms with E-state index in [1.54, 1.807) is 0 Å². The zero-order valence-corrected chi connectivity index (χ0v) is 21.5. The van der Waals surface area contributed by atoms with Crippen molar-refractivity contribution in [3.05, 3.63) is 87.2 Å². The molecular weight excluding hydrogens is 568 g/mol. The smallest absolute Gasteiger partial charge is 0.238 e. The van der Waals surface area contributed by atoms with Crippen LogP contribution >= 0.6 is 0 Å². The number of hydrogen-bond donors (Lipinski definition) is 9. The van der Waals surface area contributed by atoms with Gasteiger partial charge in [0, 0.05) is 35.4 Å². The maximum Gasteiger partial charge on any atom is 0.238 e. The Balaban J connectivity index is 0.000000171. The SMILES string of the molecule is O=c1c(O)c(-c2ccc(O)c(O)c2)oc2cc(O)cc(O)c12.O=c1c(O)c(-c2ccc(O)cc2)oc2cc(O)cc(O)c12. The summed E-state index contributed by atoms with van der Waals surface area (Å²) in [5, 5.41) is 85.8. The van der Waals surface area contributed by atoms with Gasteiger partial charge in [0.25, 0.3) is 0 Å². The number of fused-ring (bicyclic) bond motifs is 2. The van der Waals surface area contributed by atoms with E-state index in [1.165, 1.54) is 36.4 Å². The molecule has 13 nitrogen and oxygen atoms in total. The first-order valence-corrected chi connectivity index (χ1v) is 12.1. The number of phenols is 7. The number of rotatable bonds is 2. The van der Waals surface area contributed by atoms with Gasteiger partial charge in [-0.05, 0) is 42.5 Å². The lowest BCUT2D eigenvalue weighted by Gasteiger charge is -2.08. The summed E-state index contributed by atoms with van der Waals surface area (Å²) >= 11 is 0. The first-order chi connectivity index (χ1) is 20.3. The van der Waals surface area contributed by atoms with Crippen molar-refractivity contribution in [1.29, 1.82) is 0 Å². The first-order valence-electron chi connectivity index (χ1n) is 12.1. The van der Waals surface area contributed by atoms with E-state index < -0.39 is 39.6 Å². The van der Waals surface area contributed by atoms with Crippen LogP contribution in [0.15, 0.2) is 85.2 Å². The van der Waals surface area contributed by atoms with Gasteiger partial charge in [-0.3, -0.25) is 9.59 Å². The summed E-state index contributed by atoms with van der Waals surface area (Å²) in [4.78, 5) is 24.3. The lowest BCUT2D eigenvalue weighted by Crippen LogP contribution is -2.02. The summed E-state index contributed by atoms with van der Waals surface area (Å²) in [5.74, 6) is -4.21. The third-order valence-electron chi connectivity index (χ3n) is 6.24. The minimum absolute atomic E-state index is 0.0247. The Labute approximate surface area is 238 Å². The molecule has 0 saturated heterocycles. The molecule has 6 rings (SSSR count). The van der Waals surface area contributed by atoms with Crippen LogP contribution in [0.1, 0.15) is 0 Å². The number of phenolic OH excluding ortho intramolecular Hbond substituents is 7. The molecule has 2 aromatic heterocycles. The van der Waals surface area contributed by atoms with E-state index in [-0.39, 0.29) is 62.0 Å². The van der Waals surface area contributed by atoms with E-state index in [2.05, 4.69) is 0 Å². The molecule has 4 aromatic carbocycles. The summed E-state index contributed by atoms with van der Waals surface area (Å²) in [5.41, 5.74) is -1.39. The Morgan fingerprint density at radius 1 is 0.419 bits per heavy atom. The van der Waals surface area contributed by atoms with Gasteiger partial charge in [-0.1, -0.05) is 0 Å². The predicted molar refractivity (Wildman–Crippen MR) is 151 cm³/mol. The van der Waals surface area contributed by atoms with Gasteiger partial charge in [0.05, 0.1) is 0 Å². The van der Waals surface area contributed by atoms with Crippen LogP contribution in [0, 0.1) is 0 Å². The van der Waals surface area contributed by atoms with Gasteiger partial charge in [-0.15, -0.1) is 0 Å². The molecule has 0 radical (unpaired) electrons. The molecule has 0 amide bonds. The molecule has 0 aliphatic rings. The topological polar surface area (TPSA) is 242 Å². The summed E-state index contributed by atoms with van der Waals surface area (Å²) in [6, 6.07) is 13.5. The highest BCUT2D eigenvalue weighted by atomic mass is 16.4. The normalized spacial score (nSPS) is 10.9. The lowest BCUT2D eigenvalue weighted by molar-refractivity contribution is 0.403. The van der Waals surface area contributed by atoms with Crippen LogP contribution in [-0.2, 0) is 0 Å². The number of aromatic hydroxyl groups is 9. The molecule has 0 unspecified atom stereocenters. The molecule has 0 aliphatic carbocycles. The van der Waals surface area contributed by atoms with Crippen molar-refractivity contribution in [1.82, 2.24) is 0 Å². The average Bonchev–Trinajstić information content (AvgIpc) is 2.94.